The van der Waals surface area contributed by atoms with Crippen LogP contribution in [0.5, 0.6) is 0 Å². The van der Waals surface area contributed by atoms with Gasteiger partial charge in [0, 0.05) is 10.9 Å². The van der Waals surface area contributed by atoms with Crippen molar-refractivity contribution in [2.24, 2.45) is 11.1 Å². The fourth-order valence-electron chi connectivity index (χ4n) is 1.69. The van der Waals surface area contributed by atoms with E-state index in [0.29, 0.717) is 16.4 Å². The maximum atomic E-state index is 13.2. The number of thiazole rings is 1. The summed E-state index contributed by atoms with van der Waals surface area (Å²) >= 11 is 1.29. The van der Waals surface area contributed by atoms with Crippen molar-refractivity contribution in [1.29, 1.82) is 0 Å². The normalized spacial score (nSPS) is 12.4. The first kappa shape index (κ1) is 18.5. The molecule has 120 valence electrons. The van der Waals surface area contributed by atoms with Gasteiger partial charge in [-0.1, -0.05) is 32.9 Å². The molecule has 1 aromatic carbocycles. The van der Waals surface area contributed by atoms with E-state index in [2.05, 4.69) is 10.3 Å². The van der Waals surface area contributed by atoms with Crippen LogP contribution in [0.3, 0.4) is 0 Å². The molecule has 0 unspecified atom stereocenters. The Balaban J connectivity index is 0.00000242. The van der Waals surface area contributed by atoms with E-state index in [4.69, 9.17) is 5.73 Å². The second kappa shape index (κ2) is 7.17. The number of benzene rings is 1. The first-order chi connectivity index (χ1) is 9.77. The molecule has 0 fully saturated rings. The summed E-state index contributed by atoms with van der Waals surface area (Å²) in [5.41, 5.74) is 6.87. The predicted molar refractivity (Wildman–Crippen MR) is 90.8 cm³/mol. The third kappa shape index (κ3) is 4.50. The van der Waals surface area contributed by atoms with Gasteiger partial charge in [-0.05, 0) is 17.5 Å². The Morgan fingerprint density at radius 1 is 1.41 bits per heavy atom. The molecule has 0 spiro atoms. The molecule has 0 radical (unpaired) electrons. The van der Waals surface area contributed by atoms with E-state index >= 15 is 0 Å². The zero-order chi connectivity index (χ0) is 15.6. The van der Waals surface area contributed by atoms with Gasteiger partial charge < -0.3 is 11.1 Å². The van der Waals surface area contributed by atoms with Crippen molar-refractivity contribution in [2.75, 3.05) is 5.32 Å². The molecule has 0 bridgehead atoms. The van der Waals surface area contributed by atoms with Gasteiger partial charge >= 0.3 is 0 Å². The quantitative estimate of drug-likeness (QED) is 0.893. The van der Waals surface area contributed by atoms with Gasteiger partial charge in [0.05, 0.1) is 11.7 Å². The number of amides is 1. The summed E-state index contributed by atoms with van der Waals surface area (Å²) < 4.78 is 13.2. The highest BCUT2D eigenvalue weighted by Gasteiger charge is 2.27. The summed E-state index contributed by atoms with van der Waals surface area (Å²) in [7, 11) is 0. The number of hydrogen-bond acceptors (Lipinski definition) is 4. The van der Waals surface area contributed by atoms with E-state index in [1.807, 2.05) is 20.8 Å². The molecule has 2 aromatic rings. The van der Waals surface area contributed by atoms with E-state index in [1.165, 1.54) is 23.5 Å². The van der Waals surface area contributed by atoms with Crippen molar-refractivity contribution in [3.8, 4) is 11.3 Å². The van der Waals surface area contributed by atoms with E-state index in [0.717, 1.165) is 0 Å². The molecule has 2 rings (SSSR count). The van der Waals surface area contributed by atoms with Gasteiger partial charge in [0.15, 0.2) is 5.13 Å². The average molecular weight is 344 g/mol. The van der Waals surface area contributed by atoms with E-state index in [-0.39, 0.29) is 29.5 Å². The zero-order valence-corrected chi connectivity index (χ0v) is 14.2. The molecular weight excluding hydrogens is 325 g/mol. The van der Waals surface area contributed by atoms with Crippen LogP contribution in [0.25, 0.3) is 11.3 Å². The Labute approximate surface area is 139 Å². The van der Waals surface area contributed by atoms with Crippen LogP contribution >= 0.6 is 23.7 Å². The number of nitrogens with zero attached hydrogens (tertiary/aromatic N) is 1. The van der Waals surface area contributed by atoms with Crippen LogP contribution in [0.1, 0.15) is 20.8 Å². The van der Waals surface area contributed by atoms with Gasteiger partial charge in [0.25, 0.3) is 0 Å². The Bertz CT molecular complexity index is 654. The molecule has 1 heterocycles. The van der Waals surface area contributed by atoms with Crippen LogP contribution in [0.2, 0.25) is 0 Å². The van der Waals surface area contributed by atoms with Crippen LogP contribution < -0.4 is 11.1 Å². The highest BCUT2D eigenvalue weighted by Crippen LogP contribution is 2.26. The SMILES string of the molecule is CC(C)(C)[C@H](N)C(=O)Nc1nc(-c2cccc(F)c2)cs1.Cl. The van der Waals surface area contributed by atoms with Crippen LogP contribution in [0.4, 0.5) is 9.52 Å². The van der Waals surface area contributed by atoms with Crippen LogP contribution in [-0.2, 0) is 4.79 Å². The van der Waals surface area contributed by atoms with Gasteiger partial charge in [-0.2, -0.15) is 0 Å². The number of nitrogens with one attached hydrogen (secondary N) is 1. The minimum absolute atomic E-state index is 0. The molecule has 7 heteroatoms. The maximum Gasteiger partial charge on any atom is 0.243 e. The van der Waals surface area contributed by atoms with Gasteiger partial charge in [-0.15, -0.1) is 23.7 Å². The molecular formula is C15H19ClFN3OS. The molecule has 3 N–H and O–H groups in total. The second-order valence-electron chi connectivity index (χ2n) is 5.88. The van der Waals surface area contributed by atoms with Crippen molar-refractivity contribution in [2.45, 2.75) is 26.8 Å². The first-order valence-electron chi connectivity index (χ1n) is 6.55. The Hall–Kier alpha value is -1.50. The third-order valence-corrected chi connectivity index (χ3v) is 3.83. The number of carbonyl (C=O) groups excluding carboxylic acids is 1. The van der Waals surface area contributed by atoms with E-state index < -0.39 is 6.04 Å². The van der Waals surface area contributed by atoms with Gasteiger partial charge in [0.2, 0.25) is 5.91 Å². The fourth-order valence-corrected chi connectivity index (χ4v) is 2.41. The van der Waals surface area contributed by atoms with Crippen LogP contribution in [0, 0.1) is 11.2 Å². The smallest absolute Gasteiger partial charge is 0.243 e. The lowest BCUT2D eigenvalue weighted by molar-refractivity contribution is -0.119. The molecule has 0 aliphatic heterocycles. The molecule has 4 nitrogen and oxygen atoms in total. The predicted octanol–water partition coefficient (Wildman–Crippen LogP) is 3.68. The van der Waals surface area contributed by atoms with Crippen molar-refractivity contribution in [1.82, 2.24) is 4.98 Å². The number of carbonyl (C=O) groups is 1. The maximum absolute atomic E-state index is 13.2. The Morgan fingerprint density at radius 3 is 2.68 bits per heavy atom. The summed E-state index contributed by atoms with van der Waals surface area (Å²) in [5.74, 6) is -0.594. The first-order valence-corrected chi connectivity index (χ1v) is 7.43. The molecule has 0 saturated heterocycles. The lowest BCUT2D eigenvalue weighted by atomic mass is 9.87. The lowest BCUT2D eigenvalue weighted by Gasteiger charge is -2.25. The highest BCUT2D eigenvalue weighted by atomic mass is 35.5. The number of nitrogens with two attached hydrogens (primary N) is 1. The standard InChI is InChI=1S/C15H18FN3OS.ClH/c1-15(2,3)12(17)13(20)19-14-18-11(8-21-14)9-5-4-6-10(16)7-9;/h4-8,12H,17H2,1-3H3,(H,18,19,20);1H/t12-;/m1./s1. The summed E-state index contributed by atoms with van der Waals surface area (Å²) in [6.45, 7) is 5.70. The monoisotopic (exact) mass is 343 g/mol. The molecule has 22 heavy (non-hydrogen) atoms. The van der Waals surface area contributed by atoms with Crippen molar-refractivity contribution >= 4 is 34.8 Å². The van der Waals surface area contributed by atoms with Crippen molar-refractivity contribution in [3.63, 3.8) is 0 Å². The van der Waals surface area contributed by atoms with Gasteiger partial charge in [-0.25, -0.2) is 9.37 Å². The summed E-state index contributed by atoms with van der Waals surface area (Å²) in [6, 6.07) is 5.55. The van der Waals surface area contributed by atoms with Gasteiger partial charge in [-0.3, -0.25) is 4.79 Å². The van der Waals surface area contributed by atoms with Crippen molar-refractivity contribution < 1.29 is 9.18 Å². The van der Waals surface area contributed by atoms with Crippen molar-refractivity contribution in [3.05, 3.63) is 35.5 Å². The third-order valence-electron chi connectivity index (χ3n) is 3.07. The number of rotatable bonds is 3. The number of hydrogen-bond donors (Lipinski definition) is 2. The molecule has 1 atom stereocenters. The summed E-state index contributed by atoms with van der Waals surface area (Å²) in [5, 5.41) is 4.93. The molecule has 0 saturated carbocycles. The molecule has 0 aliphatic carbocycles. The summed E-state index contributed by atoms with van der Waals surface area (Å²) in [6.07, 6.45) is 0. The minimum Gasteiger partial charge on any atom is -0.319 e. The van der Waals surface area contributed by atoms with E-state index in [9.17, 15) is 9.18 Å². The average Bonchev–Trinajstić information content (AvgIpc) is 2.85. The number of anilines is 1. The molecule has 1 aromatic heterocycles. The van der Waals surface area contributed by atoms with Crippen LogP contribution in [-0.4, -0.2) is 16.9 Å². The van der Waals surface area contributed by atoms with E-state index in [1.54, 1.807) is 17.5 Å². The molecule has 0 aliphatic rings. The van der Waals surface area contributed by atoms with Crippen LogP contribution in [0.15, 0.2) is 29.6 Å². The fraction of sp³-hybridized carbons (Fsp3) is 0.333. The lowest BCUT2D eigenvalue weighted by Crippen LogP contribution is -2.45. The zero-order valence-electron chi connectivity index (χ0n) is 12.6. The Morgan fingerprint density at radius 2 is 2.09 bits per heavy atom. The number of aromatic nitrogens is 1. The highest BCUT2D eigenvalue weighted by molar-refractivity contribution is 7.14. The number of halogens is 2. The minimum atomic E-state index is -0.626. The summed E-state index contributed by atoms with van der Waals surface area (Å²) in [4.78, 5) is 16.3. The topological polar surface area (TPSA) is 68.0 Å². The Kier molecular flexibility index (Phi) is 6.05. The largest absolute Gasteiger partial charge is 0.319 e. The second-order valence-corrected chi connectivity index (χ2v) is 6.74. The molecule has 1 amide bonds. The van der Waals surface area contributed by atoms with Gasteiger partial charge in [0.1, 0.15) is 5.82 Å².